The van der Waals surface area contributed by atoms with Crippen LogP contribution in [0.15, 0.2) is 55.1 Å². The smallest absolute Gasteiger partial charge is 0.255 e. The van der Waals surface area contributed by atoms with Crippen molar-refractivity contribution in [2.75, 3.05) is 5.32 Å². The van der Waals surface area contributed by atoms with Crippen molar-refractivity contribution in [3.8, 4) is 5.69 Å². The highest BCUT2D eigenvalue weighted by molar-refractivity contribution is 6.31. The minimum Gasteiger partial charge on any atom is -0.322 e. The van der Waals surface area contributed by atoms with Gasteiger partial charge in [-0.15, -0.1) is 0 Å². The lowest BCUT2D eigenvalue weighted by Gasteiger charge is -2.07. The molecule has 0 unspecified atom stereocenters. The van der Waals surface area contributed by atoms with Gasteiger partial charge in [-0.25, -0.2) is 14.1 Å². The molecular weight excluding hydrogens is 307 g/mol. The lowest BCUT2D eigenvalue weighted by molar-refractivity contribution is 0.102. The lowest BCUT2D eigenvalue weighted by atomic mass is 10.2. The van der Waals surface area contributed by atoms with Gasteiger partial charge in [0.05, 0.1) is 10.7 Å². The summed E-state index contributed by atoms with van der Waals surface area (Å²) < 4.78 is 14.7. The summed E-state index contributed by atoms with van der Waals surface area (Å²) in [5, 5.41) is 6.61. The van der Waals surface area contributed by atoms with Gasteiger partial charge in [-0.2, -0.15) is 5.10 Å². The van der Waals surface area contributed by atoms with E-state index in [9.17, 15) is 9.18 Å². The van der Waals surface area contributed by atoms with Crippen LogP contribution in [0.25, 0.3) is 5.69 Å². The topological polar surface area (TPSA) is 59.8 Å². The van der Waals surface area contributed by atoms with Crippen molar-refractivity contribution in [3.05, 3.63) is 71.5 Å². The van der Waals surface area contributed by atoms with E-state index in [0.29, 0.717) is 11.3 Å². The number of carbonyl (C=O) groups is 1. The van der Waals surface area contributed by atoms with Gasteiger partial charge in [-0.05, 0) is 42.5 Å². The highest BCUT2D eigenvalue weighted by Gasteiger charge is 2.08. The number of halogens is 2. The molecule has 0 spiro atoms. The second-order valence-electron chi connectivity index (χ2n) is 4.47. The second kappa shape index (κ2) is 5.95. The molecule has 0 aliphatic carbocycles. The minimum absolute atomic E-state index is 0.0423. The molecular formula is C15H10ClFN4O. The fourth-order valence-corrected chi connectivity index (χ4v) is 2.06. The molecule has 0 radical (unpaired) electrons. The van der Waals surface area contributed by atoms with Crippen LogP contribution >= 0.6 is 11.6 Å². The fraction of sp³-hybridized carbons (Fsp3) is 0. The maximum absolute atomic E-state index is 13.1. The molecule has 2 aromatic carbocycles. The van der Waals surface area contributed by atoms with Crippen LogP contribution in [-0.2, 0) is 0 Å². The van der Waals surface area contributed by atoms with Crippen LogP contribution in [0.3, 0.4) is 0 Å². The molecule has 0 aliphatic heterocycles. The number of carbonyl (C=O) groups excluding carboxylic acids is 1. The Balaban J connectivity index is 1.76. The van der Waals surface area contributed by atoms with Crippen molar-refractivity contribution >= 4 is 23.2 Å². The highest BCUT2D eigenvalue weighted by Crippen LogP contribution is 2.20. The normalized spacial score (nSPS) is 10.5. The molecule has 7 heteroatoms. The maximum Gasteiger partial charge on any atom is 0.255 e. The molecule has 0 bridgehead atoms. The maximum atomic E-state index is 13.1. The average Bonchev–Trinajstić information content (AvgIpc) is 3.05. The Morgan fingerprint density at radius 1 is 1.18 bits per heavy atom. The Labute approximate surface area is 130 Å². The number of rotatable bonds is 3. The Bertz CT molecular complexity index is 803. The van der Waals surface area contributed by atoms with Crippen LogP contribution in [0.5, 0.6) is 0 Å². The number of aromatic nitrogens is 3. The van der Waals surface area contributed by atoms with Gasteiger partial charge in [-0.1, -0.05) is 11.6 Å². The van der Waals surface area contributed by atoms with Crippen LogP contribution in [0.1, 0.15) is 10.4 Å². The van der Waals surface area contributed by atoms with Crippen LogP contribution in [0.2, 0.25) is 5.02 Å². The van der Waals surface area contributed by atoms with Gasteiger partial charge < -0.3 is 5.32 Å². The standard InChI is InChI=1S/C15H10ClFN4O/c16-13-7-11(3-6-14(13)17)20-15(22)10-1-4-12(5-2-10)21-9-18-8-19-21/h1-9H,(H,20,22). The van der Waals surface area contributed by atoms with Crippen molar-refractivity contribution in [2.45, 2.75) is 0 Å². The minimum atomic E-state index is -0.531. The Kier molecular flexibility index (Phi) is 3.84. The third kappa shape index (κ3) is 2.96. The molecule has 1 heterocycles. The zero-order valence-corrected chi connectivity index (χ0v) is 12.0. The van der Waals surface area contributed by atoms with E-state index in [4.69, 9.17) is 11.6 Å². The molecule has 5 nitrogen and oxygen atoms in total. The third-order valence-corrected chi connectivity index (χ3v) is 3.28. The molecule has 110 valence electrons. The van der Waals surface area contributed by atoms with Crippen molar-refractivity contribution in [1.29, 1.82) is 0 Å². The molecule has 0 aliphatic rings. The van der Waals surface area contributed by atoms with E-state index in [1.54, 1.807) is 35.3 Å². The summed E-state index contributed by atoms with van der Waals surface area (Å²) in [6.45, 7) is 0. The SMILES string of the molecule is O=C(Nc1ccc(F)c(Cl)c1)c1ccc(-n2cncn2)cc1. The predicted molar refractivity (Wildman–Crippen MR) is 80.7 cm³/mol. The lowest BCUT2D eigenvalue weighted by Crippen LogP contribution is -2.12. The summed E-state index contributed by atoms with van der Waals surface area (Å²) >= 11 is 5.68. The van der Waals surface area contributed by atoms with Gasteiger partial charge in [-0.3, -0.25) is 4.79 Å². The Hall–Kier alpha value is -2.73. The first-order valence-corrected chi connectivity index (χ1v) is 6.73. The number of anilines is 1. The number of nitrogens with one attached hydrogen (secondary N) is 1. The summed E-state index contributed by atoms with van der Waals surface area (Å²) in [4.78, 5) is 16.0. The van der Waals surface area contributed by atoms with E-state index in [2.05, 4.69) is 15.4 Å². The molecule has 0 fully saturated rings. The van der Waals surface area contributed by atoms with Crippen molar-refractivity contribution in [1.82, 2.24) is 14.8 Å². The summed E-state index contributed by atoms with van der Waals surface area (Å²) in [5.74, 6) is -0.843. The summed E-state index contributed by atoms with van der Waals surface area (Å²) in [6.07, 6.45) is 2.99. The zero-order valence-electron chi connectivity index (χ0n) is 11.2. The molecule has 3 aromatic rings. The second-order valence-corrected chi connectivity index (χ2v) is 4.88. The molecule has 1 amide bonds. The van der Waals surface area contributed by atoms with Crippen molar-refractivity contribution in [2.24, 2.45) is 0 Å². The van der Waals surface area contributed by atoms with Gasteiger partial charge in [0, 0.05) is 11.3 Å². The van der Waals surface area contributed by atoms with Crippen molar-refractivity contribution < 1.29 is 9.18 Å². The van der Waals surface area contributed by atoms with Crippen LogP contribution in [0.4, 0.5) is 10.1 Å². The molecule has 3 rings (SSSR count). The molecule has 22 heavy (non-hydrogen) atoms. The number of hydrogen-bond donors (Lipinski definition) is 1. The van der Waals surface area contributed by atoms with E-state index < -0.39 is 5.82 Å². The van der Waals surface area contributed by atoms with Crippen LogP contribution < -0.4 is 5.32 Å². The molecule has 0 saturated heterocycles. The van der Waals surface area contributed by atoms with E-state index >= 15 is 0 Å². The number of benzene rings is 2. The molecule has 1 N–H and O–H groups in total. The van der Waals surface area contributed by atoms with Gasteiger partial charge in [0.2, 0.25) is 0 Å². The third-order valence-electron chi connectivity index (χ3n) is 2.99. The van der Waals surface area contributed by atoms with E-state index in [0.717, 1.165) is 5.69 Å². The number of hydrogen-bond acceptors (Lipinski definition) is 3. The monoisotopic (exact) mass is 316 g/mol. The van der Waals surface area contributed by atoms with Crippen molar-refractivity contribution in [3.63, 3.8) is 0 Å². The van der Waals surface area contributed by atoms with Crippen LogP contribution in [0, 0.1) is 5.82 Å². The molecule has 0 atom stereocenters. The fourth-order valence-electron chi connectivity index (χ4n) is 1.88. The first-order chi connectivity index (χ1) is 10.6. The number of nitrogens with zero attached hydrogens (tertiary/aromatic N) is 3. The Morgan fingerprint density at radius 2 is 1.95 bits per heavy atom. The summed E-state index contributed by atoms with van der Waals surface area (Å²) in [6, 6.07) is 10.8. The average molecular weight is 317 g/mol. The van der Waals surface area contributed by atoms with Gasteiger partial charge in [0.25, 0.3) is 5.91 Å². The molecule has 0 saturated carbocycles. The summed E-state index contributed by atoms with van der Waals surface area (Å²) in [5.41, 5.74) is 1.68. The quantitative estimate of drug-likeness (QED) is 0.806. The van der Waals surface area contributed by atoms with Gasteiger partial charge >= 0.3 is 0 Å². The number of amides is 1. The summed E-state index contributed by atoms with van der Waals surface area (Å²) in [7, 11) is 0. The zero-order chi connectivity index (χ0) is 15.5. The first-order valence-electron chi connectivity index (χ1n) is 6.35. The van der Waals surface area contributed by atoms with Gasteiger partial charge in [0.1, 0.15) is 18.5 Å². The first kappa shape index (κ1) is 14.2. The van der Waals surface area contributed by atoms with Gasteiger partial charge in [0.15, 0.2) is 0 Å². The van der Waals surface area contributed by atoms with E-state index in [-0.39, 0.29) is 10.9 Å². The largest absolute Gasteiger partial charge is 0.322 e. The predicted octanol–water partition coefficient (Wildman–Crippen LogP) is 3.31. The van der Waals surface area contributed by atoms with E-state index in [1.165, 1.54) is 24.5 Å². The van der Waals surface area contributed by atoms with Crippen LogP contribution in [-0.4, -0.2) is 20.7 Å². The Morgan fingerprint density at radius 3 is 2.59 bits per heavy atom. The molecule has 1 aromatic heterocycles. The van der Waals surface area contributed by atoms with E-state index in [1.807, 2.05) is 0 Å². The highest BCUT2D eigenvalue weighted by atomic mass is 35.5.